The van der Waals surface area contributed by atoms with Crippen LogP contribution in [0.25, 0.3) is 0 Å². The zero-order valence-corrected chi connectivity index (χ0v) is 8.18. The van der Waals surface area contributed by atoms with Crippen LogP contribution in [0, 0.1) is 5.92 Å². The molecule has 72 valence electrons. The SMILES string of the molecule is CCCC(CC)CCCC(=O)O. The molecule has 0 aromatic heterocycles. The molecule has 1 N–H and O–H groups in total. The van der Waals surface area contributed by atoms with Crippen molar-refractivity contribution in [3.05, 3.63) is 0 Å². The predicted molar refractivity (Wildman–Crippen MR) is 50.2 cm³/mol. The van der Waals surface area contributed by atoms with E-state index in [1.54, 1.807) is 0 Å². The lowest BCUT2D eigenvalue weighted by Crippen LogP contribution is -2.01. The van der Waals surface area contributed by atoms with Crippen molar-refractivity contribution in [2.24, 2.45) is 5.92 Å². The van der Waals surface area contributed by atoms with Crippen LogP contribution in [0.4, 0.5) is 0 Å². The molecule has 0 aliphatic rings. The first kappa shape index (κ1) is 11.5. The molecule has 0 radical (unpaired) electrons. The minimum Gasteiger partial charge on any atom is -0.481 e. The molecule has 0 bridgehead atoms. The van der Waals surface area contributed by atoms with Crippen LogP contribution in [0.15, 0.2) is 0 Å². The first-order chi connectivity index (χ1) is 5.70. The summed E-state index contributed by atoms with van der Waals surface area (Å²) in [5.74, 6) is 0.0794. The molecule has 0 aromatic carbocycles. The van der Waals surface area contributed by atoms with E-state index >= 15 is 0 Å². The maximum Gasteiger partial charge on any atom is 0.303 e. The summed E-state index contributed by atoms with van der Waals surface area (Å²) in [7, 11) is 0. The number of rotatable bonds is 7. The second-order valence-corrected chi connectivity index (χ2v) is 3.35. The lowest BCUT2D eigenvalue weighted by Gasteiger charge is -2.11. The molecule has 0 rings (SSSR count). The van der Waals surface area contributed by atoms with Crippen molar-refractivity contribution in [1.29, 1.82) is 0 Å². The Morgan fingerprint density at radius 2 is 2.00 bits per heavy atom. The predicted octanol–water partition coefficient (Wildman–Crippen LogP) is 3.07. The topological polar surface area (TPSA) is 37.3 Å². The molecular weight excluding hydrogens is 152 g/mol. The van der Waals surface area contributed by atoms with E-state index in [0.29, 0.717) is 6.42 Å². The van der Waals surface area contributed by atoms with Gasteiger partial charge in [0, 0.05) is 6.42 Å². The van der Waals surface area contributed by atoms with Crippen molar-refractivity contribution >= 4 is 5.97 Å². The first-order valence-corrected chi connectivity index (χ1v) is 4.92. The molecule has 0 aliphatic heterocycles. The summed E-state index contributed by atoms with van der Waals surface area (Å²) in [6, 6.07) is 0. The fraction of sp³-hybridized carbons (Fsp3) is 0.900. The van der Waals surface area contributed by atoms with Crippen LogP contribution >= 0.6 is 0 Å². The molecule has 0 heterocycles. The third-order valence-electron chi connectivity index (χ3n) is 2.28. The normalized spacial score (nSPS) is 12.8. The first-order valence-electron chi connectivity index (χ1n) is 4.92. The molecule has 12 heavy (non-hydrogen) atoms. The van der Waals surface area contributed by atoms with Crippen molar-refractivity contribution < 1.29 is 9.90 Å². The van der Waals surface area contributed by atoms with Crippen molar-refractivity contribution in [1.82, 2.24) is 0 Å². The molecule has 0 saturated heterocycles. The van der Waals surface area contributed by atoms with Gasteiger partial charge in [0.2, 0.25) is 0 Å². The van der Waals surface area contributed by atoms with Gasteiger partial charge in [0.05, 0.1) is 0 Å². The molecule has 1 atom stereocenters. The summed E-state index contributed by atoms with van der Waals surface area (Å²) in [6.07, 6.45) is 5.90. The maximum absolute atomic E-state index is 10.2. The Balaban J connectivity index is 3.37. The van der Waals surface area contributed by atoms with E-state index in [4.69, 9.17) is 5.11 Å². The highest BCUT2D eigenvalue weighted by molar-refractivity contribution is 5.66. The van der Waals surface area contributed by atoms with Gasteiger partial charge in [-0.25, -0.2) is 0 Å². The molecule has 0 spiro atoms. The van der Waals surface area contributed by atoms with Gasteiger partial charge in [0.25, 0.3) is 0 Å². The minimum absolute atomic E-state index is 0.334. The molecule has 2 heteroatoms. The Morgan fingerprint density at radius 1 is 1.33 bits per heavy atom. The Hall–Kier alpha value is -0.530. The van der Waals surface area contributed by atoms with Crippen LogP contribution in [-0.4, -0.2) is 11.1 Å². The highest BCUT2D eigenvalue weighted by Crippen LogP contribution is 2.17. The van der Waals surface area contributed by atoms with Crippen molar-refractivity contribution in [2.45, 2.75) is 52.4 Å². The Bertz CT molecular complexity index is 121. The number of carbonyl (C=O) groups is 1. The molecule has 0 amide bonds. The standard InChI is InChI=1S/C10H20O2/c1-3-6-9(4-2)7-5-8-10(11)12/h9H,3-8H2,1-2H3,(H,11,12). The number of aliphatic carboxylic acids is 1. The van der Waals surface area contributed by atoms with Crippen LogP contribution in [-0.2, 0) is 4.79 Å². The summed E-state index contributed by atoms with van der Waals surface area (Å²) >= 11 is 0. The second-order valence-electron chi connectivity index (χ2n) is 3.35. The van der Waals surface area contributed by atoms with Crippen molar-refractivity contribution in [2.75, 3.05) is 0 Å². The number of carboxylic acid groups (broad SMARTS) is 1. The van der Waals surface area contributed by atoms with Gasteiger partial charge in [0.15, 0.2) is 0 Å². The summed E-state index contributed by atoms with van der Waals surface area (Å²) in [6.45, 7) is 4.36. The van der Waals surface area contributed by atoms with Gasteiger partial charge in [-0.15, -0.1) is 0 Å². The number of hydrogen-bond acceptors (Lipinski definition) is 1. The van der Waals surface area contributed by atoms with Crippen molar-refractivity contribution in [3.63, 3.8) is 0 Å². The highest BCUT2D eigenvalue weighted by Gasteiger charge is 2.05. The van der Waals surface area contributed by atoms with E-state index in [0.717, 1.165) is 18.8 Å². The van der Waals surface area contributed by atoms with Gasteiger partial charge >= 0.3 is 5.97 Å². The largest absolute Gasteiger partial charge is 0.481 e. The zero-order chi connectivity index (χ0) is 9.40. The molecule has 1 unspecified atom stereocenters. The summed E-state index contributed by atoms with van der Waals surface area (Å²) in [4.78, 5) is 10.2. The van der Waals surface area contributed by atoms with Crippen LogP contribution in [0.5, 0.6) is 0 Å². The van der Waals surface area contributed by atoms with Gasteiger partial charge in [-0.3, -0.25) is 4.79 Å². The molecule has 2 nitrogen and oxygen atoms in total. The quantitative estimate of drug-likeness (QED) is 0.640. The smallest absolute Gasteiger partial charge is 0.303 e. The van der Waals surface area contributed by atoms with Crippen molar-refractivity contribution in [3.8, 4) is 0 Å². The molecule has 0 aliphatic carbocycles. The van der Waals surface area contributed by atoms with Gasteiger partial charge in [-0.1, -0.05) is 33.1 Å². The van der Waals surface area contributed by atoms with E-state index in [9.17, 15) is 4.79 Å². The van der Waals surface area contributed by atoms with Crippen LogP contribution < -0.4 is 0 Å². The minimum atomic E-state index is -0.665. The lowest BCUT2D eigenvalue weighted by atomic mass is 9.95. The number of hydrogen-bond donors (Lipinski definition) is 1. The van der Waals surface area contributed by atoms with Gasteiger partial charge in [0.1, 0.15) is 0 Å². The molecule has 0 saturated carbocycles. The summed E-state index contributed by atoms with van der Waals surface area (Å²) < 4.78 is 0. The van der Waals surface area contributed by atoms with Gasteiger partial charge in [-0.2, -0.15) is 0 Å². The number of carboxylic acids is 1. The van der Waals surface area contributed by atoms with Gasteiger partial charge in [-0.05, 0) is 18.8 Å². The third kappa shape index (κ3) is 6.20. The van der Waals surface area contributed by atoms with E-state index in [1.165, 1.54) is 19.3 Å². The fourth-order valence-corrected chi connectivity index (χ4v) is 1.50. The van der Waals surface area contributed by atoms with Crippen LogP contribution in [0.3, 0.4) is 0 Å². The highest BCUT2D eigenvalue weighted by atomic mass is 16.4. The monoisotopic (exact) mass is 172 g/mol. The Labute approximate surface area is 75.0 Å². The average Bonchev–Trinajstić information content (AvgIpc) is 2.02. The Kier molecular flexibility index (Phi) is 6.82. The molecular formula is C10H20O2. The molecule has 0 aromatic rings. The van der Waals surface area contributed by atoms with Gasteiger partial charge < -0.3 is 5.11 Å². The summed E-state index contributed by atoms with van der Waals surface area (Å²) in [5.41, 5.74) is 0. The summed E-state index contributed by atoms with van der Waals surface area (Å²) in [5, 5.41) is 8.43. The molecule has 0 fully saturated rings. The second kappa shape index (κ2) is 7.14. The average molecular weight is 172 g/mol. The van der Waals surface area contributed by atoms with Crippen LogP contribution in [0.1, 0.15) is 52.4 Å². The zero-order valence-electron chi connectivity index (χ0n) is 8.18. The third-order valence-corrected chi connectivity index (χ3v) is 2.28. The van der Waals surface area contributed by atoms with E-state index in [2.05, 4.69) is 13.8 Å². The lowest BCUT2D eigenvalue weighted by molar-refractivity contribution is -0.137. The van der Waals surface area contributed by atoms with Crippen LogP contribution in [0.2, 0.25) is 0 Å². The van der Waals surface area contributed by atoms with E-state index in [-0.39, 0.29) is 0 Å². The Morgan fingerprint density at radius 3 is 2.42 bits per heavy atom. The van der Waals surface area contributed by atoms with E-state index < -0.39 is 5.97 Å². The fourth-order valence-electron chi connectivity index (χ4n) is 1.50. The maximum atomic E-state index is 10.2. The van der Waals surface area contributed by atoms with E-state index in [1.807, 2.05) is 0 Å².